The second kappa shape index (κ2) is 6.93. The summed E-state index contributed by atoms with van der Waals surface area (Å²) in [5.41, 5.74) is 0.0940. The molecule has 0 atom stereocenters. The van der Waals surface area contributed by atoms with E-state index in [9.17, 15) is 4.79 Å². The number of thiophene rings is 1. The molecule has 1 aliphatic heterocycles. The van der Waals surface area contributed by atoms with Crippen molar-refractivity contribution >= 4 is 17.2 Å². The summed E-state index contributed by atoms with van der Waals surface area (Å²) < 4.78 is 5.54. The molecular weight excluding hydrogens is 282 g/mol. The van der Waals surface area contributed by atoms with Gasteiger partial charge in [0.05, 0.1) is 0 Å². The van der Waals surface area contributed by atoms with Crippen molar-refractivity contribution in [1.82, 2.24) is 5.32 Å². The van der Waals surface area contributed by atoms with Crippen molar-refractivity contribution in [3.8, 4) is 0 Å². The molecule has 116 valence electrons. The lowest BCUT2D eigenvalue weighted by molar-refractivity contribution is -0.126. The zero-order valence-corrected chi connectivity index (χ0v) is 13.4. The van der Waals surface area contributed by atoms with E-state index in [4.69, 9.17) is 4.74 Å². The molecule has 4 heteroatoms. The highest BCUT2D eigenvalue weighted by molar-refractivity contribution is 7.10. The third-order valence-electron chi connectivity index (χ3n) is 5.07. The molecule has 2 aliphatic rings. The number of amides is 1. The molecule has 1 saturated carbocycles. The Balaban J connectivity index is 1.63. The molecule has 1 saturated heterocycles. The van der Waals surface area contributed by atoms with Gasteiger partial charge in [-0.25, -0.2) is 0 Å². The van der Waals surface area contributed by atoms with Crippen LogP contribution in [0.25, 0.3) is 0 Å². The first kappa shape index (κ1) is 15.0. The predicted molar refractivity (Wildman–Crippen MR) is 85.6 cm³/mol. The summed E-state index contributed by atoms with van der Waals surface area (Å²) in [6.07, 6.45) is 7.88. The van der Waals surface area contributed by atoms with Gasteiger partial charge in [-0.05, 0) is 37.1 Å². The van der Waals surface area contributed by atoms with Gasteiger partial charge in [-0.15, -0.1) is 11.3 Å². The smallest absolute Gasteiger partial charge is 0.223 e. The quantitative estimate of drug-likeness (QED) is 0.924. The Morgan fingerprint density at radius 1 is 1.29 bits per heavy atom. The summed E-state index contributed by atoms with van der Waals surface area (Å²) in [6, 6.07) is 4.32. The number of hydrogen-bond donors (Lipinski definition) is 1. The van der Waals surface area contributed by atoms with Crippen LogP contribution in [-0.2, 0) is 14.9 Å². The van der Waals surface area contributed by atoms with Gasteiger partial charge in [0.1, 0.15) is 0 Å². The Labute approximate surface area is 131 Å². The van der Waals surface area contributed by atoms with E-state index in [2.05, 4.69) is 22.8 Å². The standard InChI is InChI=1S/C17H25NO2S/c19-16(14-5-2-1-3-6-14)18-13-17(8-10-20-11-9-17)15-7-4-12-21-15/h4,7,12,14H,1-3,5-6,8-11,13H2,(H,18,19). The zero-order valence-electron chi connectivity index (χ0n) is 12.6. The molecule has 2 heterocycles. The topological polar surface area (TPSA) is 38.3 Å². The molecule has 21 heavy (non-hydrogen) atoms. The largest absolute Gasteiger partial charge is 0.381 e. The van der Waals surface area contributed by atoms with Crippen LogP contribution in [0, 0.1) is 5.92 Å². The summed E-state index contributed by atoms with van der Waals surface area (Å²) in [4.78, 5) is 13.8. The Bertz CT molecular complexity index is 445. The fourth-order valence-electron chi connectivity index (χ4n) is 3.62. The number of carbonyl (C=O) groups is 1. The van der Waals surface area contributed by atoms with Crippen molar-refractivity contribution in [3.05, 3.63) is 22.4 Å². The number of hydrogen-bond acceptors (Lipinski definition) is 3. The molecule has 0 aromatic carbocycles. The van der Waals surface area contributed by atoms with Crippen LogP contribution in [0.15, 0.2) is 17.5 Å². The van der Waals surface area contributed by atoms with Gasteiger partial charge in [-0.2, -0.15) is 0 Å². The lowest BCUT2D eigenvalue weighted by Crippen LogP contribution is -2.45. The van der Waals surface area contributed by atoms with Crippen LogP contribution >= 0.6 is 11.3 Å². The molecule has 0 bridgehead atoms. The number of ether oxygens (including phenoxy) is 1. The number of carbonyl (C=O) groups excluding carboxylic acids is 1. The molecule has 0 spiro atoms. The van der Waals surface area contributed by atoms with Gasteiger partial charge < -0.3 is 10.1 Å². The molecule has 1 N–H and O–H groups in total. The summed E-state index contributed by atoms with van der Waals surface area (Å²) in [5.74, 6) is 0.524. The van der Waals surface area contributed by atoms with Crippen molar-refractivity contribution in [2.75, 3.05) is 19.8 Å². The van der Waals surface area contributed by atoms with E-state index in [-0.39, 0.29) is 17.2 Å². The van der Waals surface area contributed by atoms with E-state index in [1.54, 1.807) is 0 Å². The highest BCUT2D eigenvalue weighted by Crippen LogP contribution is 2.37. The molecule has 2 fully saturated rings. The van der Waals surface area contributed by atoms with Crippen molar-refractivity contribution < 1.29 is 9.53 Å². The van der Waals surface area contributed by atoms with Crippen molar-refractivity contribution in [1.29, 1.82) is 0 Å². The number of rotatable bonds is 4. The molecule has 3 nitrogen and oxygen atoms in total. The van der Waals surface area contributed by atoms with Crippen LogP contribution in [0.2, 0.25) is 0 Å². The lowest BCUT2D eigenvalue weighted by atomic mass is 9.78. The predicted octanol–water partition coefficient (Wildman–Crippen LogP) is 3.49. The van der Waals surface area contributed by atoms with Crippen LogP contribution in [0.1, 0.15) is 49.8 Å². The molecule has 3 rings (SSSR count). The maximum absolute atomic E-state index is 12.4. The first-order valence-corrected chi connectivity index (χ1v) is 9.08. The van der Waals surface area contributed by atoms with Gasteiger partial charge >= 0.3 is 0 Å². The lowest BCUT2D eigenvalue weighted by Gasteiger charge is -2.37. The van der Waals surface area contributed by atoms with Crippen LogP contribution in [0.5, 0.6) is 0 Å². The summed E-state index contributed by atoms with van der Waals surface area (Å²) >= 11 is 1.81. The SMILES string of the molecule is O=C(NCC1(c2cccs2)CCOCC1)C1CCCCC1. The first-order valence-electron chi connectivity index (χ1n) is 8.20. The second-order valence-corrected chi connectivity index (χ2v) is 7.37. The molecule has 1 aromatic heterocycles. The van der Waals surface area contributed by atoms with Gasteiger partial charge in [0, 0.05) is 36.0 Å². The summed E-state index contributed by atoms with van der Waals surface area (Å²) in [5, 5.41) is 5.40. The van der Waals surface area contributed by atoms with Crippen molar-refractivity contribution in [2.24, 2.45) is 5.92 Å². The van der Waals surface area contributed by atoms with E-state index in [1.807, 2.05) is 11.3 Å². The highest BCUT2D eigenvalue weighted by Gasteiger charge is 2.36. The minimum absolute atomic E-state index is 0.0940. The maximum Gasteiger partial charge on any atom is 0.223 e. The minimum Gasteiger partial charge on any atom is -0.381 e. The number of nitrogens with one attached hydrogen (secondary N) is 1. The maximum atomic E-state index is 12.4. The van der Waals surface area contributed by atoms with E-state index in [0.717, 1.165) is 45.4 Å². The summed E-state index contributed by atoms with van der Waals surface area (Å²) in [7, 11) is 0. The normalized spacial score (nSPS) is 22.9. The Morgan fingerprint density at radius 2 is 2.05 bits per heavy atom. The van der Waals surface area contributed by atoms with Crippen LogP contribution in [-0.4, -0.2) is 25.7 Å². The molecule has 1 aromatic rings. The molecule has 1 aliphatic carbocycles. The van der Waals surface area contributed by atoms with Gasteiger partial charge in [-0.1, -0.05) is 25.3 Å². The Kier molecular flexibility index (Phi) is 4.96. The fourth-order valence-corrected chi connectivity index (χ4v) is 4.61. The van der Waals surface area contributed by atoms with Gasteiger partial charge in [0.15, 0.2) is 0 Å². The molecule has 0 unspecified atom stereocenters. The van der Waals surface area contributed by atoms with Crippen molar-refractivity contribution in [3.63, 3.8) is 0 Å². The van der Waals surface area contributed by atoms with Crippen molar-refractivity contribution in [2.45, 2.75) is 50.4 Å². The third-order valence-corrected chi connectivity index (χ3v) is 6.19. The Hall–Kier alpha value is -0.870. The monoisotopic (exact) mass is 307 g/mol. The van der Waals surface area contributed by atoms with E-state index < -0.39 is 0 Å². The highest BCUT2D eigenvalue weighted by atomic mass is 32.1. The Morgan fingerprint density at radius 3 is 2.71 bits per heavy atom. The first-order chi connectivity index (χ1) is 10.3. The fraction of sp³-hybridized carbons (Fsp3) is 0.706. The molecular formula is C17H25NO2S. The molecule has 0 radical (unpaired) electrons. The molecule has 1 amide bonds. The average molecular weight is 307 g/mol. The zero-order chi connectivity index (χ0) is 14.5. The second-order valence-electron chi connectivity index (χ2n) is 6.42. The van der Waals surface area contributed by atoms with Gasteiger partial charge in [0.25, 0.3) is 0 Å². The van der Waals surface area contributed by atoms with Crippen LogP contribution < -0.4 is 5.32 Å². The van der Waals surface area contributed by atoms with Crippen LogP contribution in [0.4, 0.5) is 0 Å². The van der Waals surface area contributed by atoms with Gasteiger partial charge in [-0.3, -0.25) is 4.79 Å². The van der Waals surface area contributed by atoms with E-state index in [0.29, 0.717) is 0 Å². The third kappa shape index (κ3) is 3.49. The van der Waals surface area contributed by atoms with E-state index in [1.165, 1.54) is 24.1 Å². The average Bonchev–Trinajstić information content (AvgIpc) is 3.09. The minimum atomic E-state index is 0.0940. The van der Waals surface area contributed by atoms with Crippen LogP contribution in [0.3, 0.4) is 0 Å². The van der Waals surface area contributed by atoms with Gasteiger partial charge in [0.2, 0.25) is 5.91 Å². The van der Waals surface area contributed by atoms with E-state index >= 15 is 0 Å². The summed E-state index contributed by atoms with van der Waals surface area (Å²) in [6.45, 7) is 2.38.